The van der Waals surface area contributed by atoms with E-state index in [1.54, 1.807) is 53.3 Å². The van der Waals surface area contributed by atoms with Crippen molar-refractivity contribution in [2.24, 2.45) is 0 Å². The van der Waals surface area contributed by atoms with E-state index in [4.69, 9.17) is 11.6 Å². The van der Waals surface area contributed by atoms with Gasteiger partial charge in [-0.2, -0.15) is 13.9 Å². The second kappa shape index (κ2) is 8.79. The summed E-state index contributed by atoms with van der Waals surface area (Å²) in [5.41, 5.74) is 1.80. The predicted molar refractivity (Wildman–Crippen MR) is 132 cm³/mol. The molecule has 0 spiro atoms. The Morgan fingerprint density at radius 3 is 2.47 bits per heavy atom. The molecule has 36 heavy (non-hydrogen) atoms. The van der Waals surface area contributed by atoms with Crippen molar-refractivity contribution in [1.29, 1.82) is 0 Å². The second-order valence-electron chi connectivity index (χ2n) is 8.40. The van der Waals surface area contributed by atoms with Gasteiger partial charge in [0, 0.05) is 28.4 Å². The molecule has 0 aliphatic carbocycles. The smallest absolute Gasteiger partial charge is 0.321 e. The number of fused-ring (bicyclic) bond motifs is 1. The molecule has 0 radical (unpaired) electrons. The number of carbonyl (C=O) groups excluding carboxylic acids is 2. The number of hydrogen-bond acceptors (Lipinski definition) is 4. The Morgan fingerprint density at radius 2 is 1.83 bits per heavy atom. The molecule has 3 heterocycles. The fourth-order valence-corrected chi connectivity index (χ4v) is 5.39. The molecule has 1 aliphatic rings. The summed E-state index contributed by atoms with van der Waals surface area (Å²) in [7, 11) is 0. The number of carbonyl (C=O) groups is 2. The third kappa shape index (κ3) is 4.16. The lowest BCUT2D eigenvalue weighted by atomic mass is 10.0. The summed E-state index contributed by atoms with van der Waals surface area (Å²) in [6, 6.07) is 12.4. The predicted octanol–water partition coefficient (Wildman–Crippen LogP) is 5.66. The average Bonchev–Trinajstić information content (AvgIpc) is 3.51. The van der Waals surface area contributed by atoms with Crippen molar-refractivity contribution < 1.29 is 22.8 Å². The number of thiophene rings is 1. The van der Waals surface area contributed by atoms with Gasteiger partial charge >= 0.3 is 5.92 Å². The van der Waals surface area contributed by atoms with E-state index in [-0.39, 0.29) is 11.4 Å². The van der Waals surface area contributed by atoms with Crippen LogP contribution in [0.15, 0.2) is 72.9 Å². The van der Waals surface area contributed by atoms with E-state index in [0.29, 0.717) is 38.4 Å². The average molecular weight is 531 g/mol. The number of alkyl halides is 2. The largest absolute Gasteiger partial charge is 0.341 e. The van der Waals surface area contributed by atoms with Crippen LogP contribution >= 0.6 is 22.9 Å². The highest BCUT2D eigenvalue weighted by Gasteiger charge is 2.48. The van der Waals surface area contributed by atoms with Crippen LogP contribution in [-0.4, -0.2) is 33.6 Å². The van der Waals surface area contributed by atoms with Crippen LogP contribution in [0, 0.1) is 5.82 Å². The number of aromatic nitrogens is 2. The number of anilines is 1. The first kappa shape index (κ1) is 24.1. The first-order valence-electron chi connectivity index (χ1n) is 10.7. The molecular formula is C25H18ClF3N4O2S. The summed E-state index contributed by atoms with van der Waals surface area (Å²) < 4.78 is 42.8. The van der Waals surface area contributed by atoms with Crippen molar-refractivity contribution >= 4 is 51.3 Å². The normalized spacial score (nSPS) is 18.3. The number of hydrogen-bond donors (Lipinski definition) is 1. The zero-order valence-corrected chi connectivity index (χ0v) is 20.3. The molecular weight excluding hydrogens is 513 g/mol. The minimum Gasteiger partial charge on any atom is -0.341 e. The standard InChI is InChI=1S/C25H18ClF3N4O2S/c1-13-21(31-24(35)25(2,28)29)22(19-9-10-20(26)36-19)32(23(13)34)17-7-8-18-14(11-17)12-30-33(18)16-5-3-15(27)4-6-16/h3-12,21-22H,1H2,2H3,(H,31,35). The minimum absolute atomic E-state index is 0.0239. The number of nitrogens with zero attached hydrogens (tertiary/aromatic N) is 3. The highest BCUT2D eigenvalue weighted by Crippen LogP contribution is 2.43. The molecule has 1 N–H and O–H groups in total. The maximum atomic E-state index is 13.7. The van der Waals surface area contributed by atoms with Crippen LogP contribution in [0.2, 0.25) is 4.34 Å². The molecule has 2 atom stereocenters. The van der Waals surface area contributed by atoms with E-state index in [2.05, 4.69) is 17.0 Å². The van der Waals surface area contributed by atoms with E-state index >= 15 is 0 Å². The lowest BCUT2D eigenvalue weighted by Gasteiger charge is -2.28. The Balaban J connectivity index is 1.57. The first-order chi connectivity index (χ1) is 17.0. The van der Waals surface area contributed by atoms with Crippen molar-refractivity contribution in [2.45, 2.75) is 24.9 Å². The summed E-state index contributed by atoms with van der Waals surface area (Å²) >= 11 is 7.31. The minimum atomic E-state index is -3.64. The van der Waals surface area contributed by atoms with Gasteiger partial charge < -0.3 is 5.32 Å². The molecule has 0 bridgehead atoms. The summed E-state index contributed by atoms with van der Waals surface area (Å²) in [5, 5.41) is 7.35. The van der Waals surface area contributed by atoms with Gasteiger partial charge in [-0.05, 0) is 54.6 Å². The lowest BCUT2D eigenvalue weighted by Crippen LogP contribution is -2.46. The van der Waals surface area contributed by atoms with Gasteiger partial charge in [0.05, 0.1) is 33.8 Å². The van der Waals surface area contributed by atoms with Crippen molar-refractivity contribution in [1.82, 2.24) is 15.1 Å². The molecule has 0 saturated carbocycles. The van der Waals surface area contributed by atoms with Crippen molar-refractivity contribution in [3.05, 3.63) is 88.0 Å². The number of halogens is 4. The lowest BCUT2D eigenvalue weighted by molar-refractivity contribution is -0.143. The molecule has 2 aromatic carbocycles. The van der Waals surface area contributed by atoms with E-state index in [1.807, 2.05) is 0 Å². The van der Waals surface area contributed by atoms with Crippen LogP contribution in [0.5, 0.6) is 0 Å². The number of benzene rings is 2. The summed E-state index contributed by atoms with van der Waals surface area (Å²) in [6.45, 7) is 4.29. The molecule has 1 saturated heterocycles. The maximum absolute atomic E-state index is 13.7. The highest BCUT2D eigenvalue weighted by molar-refractivity contribution is 7.16. The van der Waals surface area contributed by atoms with E-state index in [0.717, 1.165) is 0 Å². The Hall–Kier alpha value is -3.63. The van der Waals surface area contributed by atoms with Crippen molar-refractivity contribution in [3.8, 4) is 5.69 Å². The van der Waals surface area contributed by atoms with Crippen molar-refractivity contribution in [2.75, 3.05) is 4.90 Å². The molecule has 4 aromatic rings. The molecule has 2 unspecified atom stereocenters. The second-order valence-corrected chi connectivity index (χ2v) is 10.1. The molecule has 184 valence electrons. The Morgan fingerprint density at radius 1 is 1.14 bits per heavy atom. The Kier molecular flexibility index (Phi) is 5.88. The highest BCUT2D eigenvalue weighted by atomic mass is 35.5. The Labute approximate surface area is 212 Å². The van der Waals surface area contributed by atoms with E-state index in [9.17, 15) is 22.8 Å². The molecule has 1 fully saturated rings. The van der Waals surface area contributed by atoms with Crippen LogP contribution < -0.4 is 10.2 Å². The fraction of sp³-hybridized carbons (Fsp3) is 0.160. The third-order valence-electron chi connectivity index (χ3n) is 5.93. The molecule has 5 rings (SSSR count). The van der Waals surface area contributed by atoms with Gasteiger partial charge in [-0.1, -0.05) is 18.2 Å². The van der Waals surface area contributed by atoms with Gasteiger partial charge in [-0.15, -0.1) is 11.3 Å². The molecule has 2 amide bonds. The van der Waals surface area contributed by atoms with Gasteiger partial charge in [0.2, 0.25) is 0 Å². The summed E-state index contributed by atoms with van der Waals surface area (Å²) in [4.78, 5) is 27.5. The number of amides is 2. The topological polar surface area (TPSA) is 67.2 Å². The third-order valence-corrected chi connectivity index (χ3v) is 7.24. The number of nitrogens with one attached hydrogen (secondary N) is 1. The van der Waals surface area contributed by atoms with Crippen LogP contribution in [0.1, 0.15) is 17.8 Å². The fourth-order valence-electron chi connectivity index (χ4n) is 4.20. The molecule has 6 nitrogen and oxygen atoms in total. The zero-order chi connectivity index (χ0) is 25.8. The van der Waals surface area contributed by atoms with Crippen LogP contribution in [0.3, 0.4) is 0 Å². The van der Waals surface area contributed by atoms with E-state index in [1.165, 1.54) is 28.4 Å². The molecule has 2 aromatic heterocycles. The van der Waals surface area contributed by atoms with Gasteiger partial charge in [-0.25, -0.2) is 9.07 Å². The molecule has 11 heteroatoms. The van der Waals surface area contributed by atoms with Gasteiger partial charge in [0.25, 0.3) is 11.8 Å². The van der Waals surface area contributed by atoms with Gasteiger partial charge in [0.15, 0.2) is 0 Å². The zero-order valence-electron chi connectivity index (χ0n) is 18.7. The number of rotatable bonds is 5. The quantitative estimate of drug-likeness (QED) is 0.338. The van der Waals surface area contributed by atoms with Gasteiger partial charge in [-0.3, -0.25) is 14.5 Å². The van der Waals surface area contributed by atoms with Crippen LogP contribution in [0.25, 0.3) is 16.6 Å². The molecule has 1 aliphatic heterocycles. The monoisotopic (exact) mass is 530 g/mol. The maximum Gasteiger partial charge on any atom is 0.321 e. The SMILES string of the molecule is C=C1C(=O)N(c2ccc3c(cnn3-c3ccc(F)cc3)c2)C(c2ccc(Cl)s2)C1NC(=O)C(C)(F)F. The van der Waals surface area contributed by atoms with Crippen molar-refractivity contribution in [3.63, 3.8) is 0 Å². The summed E-state index contributed by atoms with van der Waals surface area (Å²) in [6.07, 6.45) is 1.60. The van der Waals surface area contributed by atoms with Crippen LogP contribution in [0.4, 0.5) is 18.9 Å². The Bertz CT molecular complexity index is 1510. The van der Waals surface area contributed by atoms with Gasteiger partial charge in [0.1, 0.15) is 5.82 Å². The summed E-state index contributed by atoms with van der Waals surface area (Å²) in [5.74, 6) is -6.03. The van der Waals surface area contributed by atoms with E-state index < -0.39 is 29.8 Å². The first-order valence-corrected chi connectivity index (χ1v) is 11.9. The van der Waals surface area contributed by atoms with Crippen LogP contribution in [-0.2, 0) is 9.59 Å².